The third-order valence-corrected chi connectivity index (χ3v) is 6.76. The molecule has 0 atom stereocenters. The first-order valence-electron chi connectivity index (χ1n) is 11.9. The van der Waals surface area contributed by atoms with Crippen LogP contribution < -0.4 is 9.80 Å². The van der Waals surface area contributed by atoms with E-state index in [1.165, 1.54) is 11.3 Å². The topological polar surface area (TPSA) is 52.0 Å². The van der Waals surface area contributed by atoms with Crippen LogP contribution in [0.2, 0.25) is 0 Å². The van der Waals surface area contributed by atoms with E-state index in [4.69, 9.17) is 0 Å². The van der Waals surface area contributed by atoms with Crippen molar-refractivity contribution in [1.82, 2.24) is 9.88 Å². The summed E-state index contributed by atoms with van der Waals surface area (Å²) in [4.78, 5) is 28.8. The van der Waals surface area contributed by atoms with Gasteiger partial charge in [-0.2, -0.15) is 0 Å². The van der Waals surface area contributed by atoms with E-state index in [0.717, 1.165) is 56.8 Å². The van der Waals surface area contributed by atoms with Crippen molar-refractivity contribution in [3.63, 3.8) is 0 Å². The monoisotopic (exact) mass is 441 g/mol. The zero-order valence-corrected chi connectivity index (χ0v) is 19.0. The SMILES string of the molecule is O=C1CN(CC2=CCC=CC=N2)Cc2ccccc2N1CC1CCN(c2ccncc2)CC1. The number of rotatable bonds is 5. The van der Waals surface area contributed by atoms with Gasteiger partial charge in [-0.25, -0.2) is 0 Å². The zero-order chi connectivity index (χ0) is 22.5. The largest absolute Gasteiger partial charge is 0.371 e. The molecule has 6 heteroatoms. The number of nitrogens with zero attached hydrogens (tertiary/aromatic N) is 5. The lowest BCUT2D eigenvalue weighted by atomic mass is 9.95. The summed E-state index contributed by atoms with van der Waals surface area (Å²) in [6, 6.07) is 12.5. The number of para-hydroxylation sites is 1. The highest BCUT2D eigenvalue weighted by Gasteiger charge is 2.30. The number of aliphatic imine (C=N–C) groups is 1. The van der Waals surface area contributed by atoms with Crippen LogP contribution in [-0.4, -0.2) is 54.7 Å². The smallest absolute Gasteiger partial charge is 0.241 e. The van der Waals surface area contributed by atoms with Gasteiger partial charge in [0.25, 0.3) is 0 Å². The Morgan fingerprint density at radius 3 is 2.67 bits per heavy atom. The third-order valence-electron chi connectivity index (χ3n) is 6.76. The first-order chi connectivity index (χ1) is 16.3. The Hall–Kier alpha value is -3.25. The number of benzene rings is 1. The summed E-state index contributed by atoms with van der Waals surface area (Å²) in [5, 5.41) is 0. The summed E-state index contributed by atoms with van der Waals surface area (Å²) in [7, 11) is 0. The van der Waals surface area contributed by atoms with Gasteiger partial charge >= 0.3 is 0 Å². The van der Waals surface area contributed by atoms with E-state index in [9.17, 15) is 4.79 Å². The van der Waals surface area contributed by atoms with Gasteiger partial charge in [0.05, 0.1) is 12.2 Å². The summed E-state index contributed by atoms with van der Waals surface area (Å²) < 4.78 is 0. The molecule has 1 saturated heterocycles. The molecule has 1 aromatic heterocycles. The van der Waals surface area contributed by atoms with Crippen LogP contribution in [0.15, 0.2) is 77.7 Å². The molecule has 0 spiro atoms. The Bertz CT molecular complexity index is 1050. The van der Waals surface area contributed by atoms with Crippen molar-refractivity contribution in [1.29, 1.82) is 0 Å². The Balaban J connectivity index is 1.27. The molecule has 2 aromatic rings. The molecule has 0 aliphatic carbocycles. The molecule has 5 rings (SSSR count). The molecular formula is C27H31N5O. The first-order valence-corrected chi connectivity index (χ1v) is 11.9. The van der Waals surface area contributed by atoms with Crippen molar-refractivity contribution < 1.29 is 4.79 Å². The minimum absolute atomic E-state index is 0.188. The summed E-state index contributed by atoms with van der Waals surface area (Å²) in [6.45, 7) is 4.70. The highest BCUT2D eigenvalue weighted by atomic mass is 16.2. The molecule has 0 radical (unpaired) electrons. The van der Waals surface area contributed by atoms with E-state index in [1.54, 1.807) is 0 Å². The number of hydrogen-bond donors (Lipinski definition) is 0. The van der Waals surface area contributed by atoms with E-state index in [1.807, 2.05) is 35.7 Å². The molecule has 3 aliphatic rings. The van der Waals surface area contributed by atoms with Crippen molar-refractivity contribution in [3.05, 3.63) is 78.3 Å². The van der Waals surface area contributed by atoms with Gasteiger partial charge < -0.3 is 9.80 Å². The number of carbonyl (C=O) groups is 1. The number of carbonyl (C=O) groups excluding carboxylic acids is 1. The standard InChI is InChI=1S/C27H31N5O/c33-27-21-30(20-24-7-2-1-5-13-29-24)19-23-6-3-4-8-26(23)32(27)18-22-11-16-31(17-12-22)25-9-14-28-15-10-25/h1,3-10,13-15,22H,2,11-12,16-21H2. The van der Waals surface area contributed by atoms with Gasteiger partial charge in [-0.1, -0.05) is 30.4 Å². The molecule has 6 nitrogen and oxygen atoms in total. The fraction of sp³-hybridized carbons (Fsp3) is 0.370. The highest BCUT2D eigenvalue weighted by Crippen LogP contribution is 2.30. The minimum atomic E-state index is 0.188. The lowest BCUT2D eigenvalue weighted by Crippen LogP contribution is -2.43. The van der Waals surface area contributed by atoms with Crippen molar-refractivity contribution in [3.8, 4) is 0 Å². The second kappa shape index (κ2) is 10.1. The van der Waals surface area contributed by atoms with Crippen molar-refractivity contribution in [2.24, 2.45) is 10.9 Å². The summed E-state index contributed by atoms with van der Waals surface area (Å²) in [5.74, 6) is 0.694. The number of piperidine rings is 1. The first kappa shape index (κ1) is 21.6. The van der Waals surface area contributed by atoms with Crippen molar-refractivity contribution in [2.75, 3.05) is 42.5 Å². The quantitative estimate of drug-likeness (QED) is 0.702. The number of hydrogen-bond acceptors (Lipinski definition) is 5. The fourth-order valence-corrected chi connectivity index (χ4v) is 4.98. The number of aromatic nitrogens is 1. The molecule has 4 heterocycles. The molecule has 1 aromatic carbocycles. The Morgan fingerprint density at radius 2 is 1.82 bits per heavy atom. The summed E-state index contributed by atoms with van der Waals surface area (Å²) in [6.07, 6.45) is 14.8. The van der Waals surface area contributed by atoms with Crippen LogP contribution in [0.5, 0.6) is 0 Å². The molecule has 0 saturated carbocycles. The number of amides is 1. The average molecular weight is 442 g/mol. The van der Waals surface area contributed by atoms with Gasteiger partial charge in [-0.15, -0.1) is 0 Å². The maximum atomic E-state index is 13.5. The highest BCUT2D eigenvalue weighted by molar-refractivity contribution is 5.96. The van der Waals surface area contributed by atoms with Crippen LogP contribution in [0.1, 0.15) is 24.8 Å². The fourth-order valence-electron chi connectivity index (χ4n) is 4.98. The molecular weight excluding hydrogens is 410 g/mol. The lowest BCUT2D eigenvalue weighted by Gasteiger charge is -2.36. The predicted octanol–water partition coefficient (Wildman–Crippen LogP) is 4.06. The van der Waals surface area contributed by atoms with E-state index >= 15 is 0 Å². The molecule has 0 unspecified atom stereocenters. The number of fused-ring (bicyclic) bond motifs is 1. The van der Waals surface area contributed by atoms with Gasteiger partial charge in [0.1, 0.15) is 0 Å². The van der Waals surface area contributed by atoms with E-state index in [2.05, 4.69) is 62.3 Å². The van der Waals surface area contributed by atoms with Crippen LogP contribution in [0, 0.1) is 5.92 Å². The third kappa shape index (κ3) is 5.22. The Kier molecular flexibility index (Phi) is 6.63. The van der Waals surface area contributed by atoms with Gasteiger partial charge in [0, 0.05) is 62.7 Å². The van der Waals surface area contributed by atoms with Gasteiger partial charge in [0.15, 0.2) is 0 Å². The molecule has 0 bridgehead atoms. The van der Waals surface area contributed by atoms with Crippen LogP contribution in [0.4, 0.5) is 11.4 Å². The van der Waals surface area contributed by atoms with Crippen LogP contribution in [0.3, 0.4) is 0 Å². The van der Waals surface area contributed by atoms with Gasteiger partial charge in [-0.05, 0) is 55.0 Å². The molecule has 170 valence electrons. The molecule has 33 heavy (non-hydrogen) atoms. The van der Waals surface area contributed by atoms with Crippen molar-refractivity contribution >= 4 is 23.5 Å². The van der Waals surface area contributed by atoms with Crippen LogP contribution >= 0.6 is 0 Å². The van der Waals surface area contributed by atoms with Crippen LogP contribution in [0.25, 0.3) is 0 Å². The maximum Gasteiger partial charge on any atom is 0.241 e. The van der Waals surface area contributed by atoms with E-state index in [0.29, 0.717) is 19.0 Å². The maximum absolute atomic E-state index is 13.5. The molecule has 1 amide bonds. The number of pyridine rings is 1. The van der Waals surface area contributed by atoms with E-state index < -0.39 is 0 Å². The number of anilines is 2. The van der Waals surface area contributed by atoms with Crippen LogP contribution in [-0.2, 0) is 11.3 Å². The second-order valence-corrected chi connectivity index (χ2v) is 9.05. The Labute approximate surface area is 195 Å². The minimum Gasteiger partial charge on any atom is -0.371 e. The lowest BCUT2D eigenvalue weighted by molar-refractivity contribution is -0.119. The molecule has 0 N–H and O–H groups in total. The molecule has 1 fully saturated rings. The number of allylic oxidation sites excluding steroid dienone is 3. The summed E-state index contributed by atoms with van der Waals surface area (Å²) >= 11 is 0. The average Bonchev–Trinajstić information content (AvgIpc) is 3.18. The molecule has 3 aliphatic heterocycles. The predicted molar refractivity (Wildman–Crippen MR) is 134 cm³/mol. The van der Waals surface area contributed by atoms with Gasteiger partial charge in [-0.3, -0.25) is 19.7 Å². The Morgan fingerprint density at radius 1 is 1.00 bits per heavy atom. The summed E-state index contributed by atoms with van der Waals surface area (Å²) in [5.41, 5.74) is 4.55. The van der Waals surface area contributed by atoms with Crippen molar-refractivity contribution in [2.45, 2.75) is 25.8 Å². The van der Waals surface area contributed by atoms with E-state index in [-0.39, 0.29) is 5.91 Å². The second-order valence-electron chi connectivity index (χ2n) is 9.05. The normalized spacial score (nSPS) is 19.8. The van der Waals surface area contributed by atoms with Gasteiger partial charge in [0.2, 0.25) is 5.91 Å². The zero-order valence-electron chi connectivity index (χ0n) is 19.0.